The van der Waals surface area contributed by atoms with Crippen LogP contribution in [0.5, 0.6) is 0 Å². The first-order chi connectivity index (χ1) is 12.5. The highest BCUT2D eigenvalue weighted by atomic mass is 19.1. The van der Waals surface area contributed by atoms with Crippen molar-refractivity contribution < 1.29 is 4.39 Å². The molecule has 0 radical (unpaired) electrons. The van der Waals surface area contributed by atoms with Crippen LogP contribution in [0.4, 0.5) is 10.1 Å². The van der Waals surface area contributed by atoms with Gasteiger partial charge >= 0.3 is 0 Å². The molecule has 3 nitrogen and oxygen atoms in total. The zero-order valence-electron chi connectivity index (χ0n) is 15.5. The summed E-state index contributed by atoms with van der Waals surface area (Å²) in [6.07, 6.45) is 5.22. The molecule has 4 rings (SSSR count). The minimum absolute atomic E-state index is 0.172. The van der Waals surface area contributed by atoms with E-state index in [1.165, 1.54) is 16.9 Å². The molecule has 0 aliphatic carbocycles. The molecule has 1 aliphatic rings. The third-order valence-corrected chi connectivity index (χ3v) is 5.17. The number of nitrogens with zero attached hydrogens (tertiary/aromatic N) is 3. The highest BCUT2D eigenvalue weighted by Crippen LogP contribution is 2.31. The van der Waals surface area contributed by atoms with Crippen molar-refractivity contribution in [1.29, 1.82) is 0 Å². The van der Waals surface area contributed by atoms with Crippen LogP contribution in [0, 0.1) is 5.82 Å². The molecule has 2 heterocycles. The second kappa shape index (κ2) is 6.61. The van der Waals surface area contributed by atoms with Gasteiger partial charge in [0.25, 0.3) is 0 Å². The third-order valence-electron chi connectivity index (χ3n) is 5.17. The fourth-order valence-electron chi connectivity index (χ4n) is 3.71. The van der Waals surface area contributed by atoms with Crippen LogP contribution in [-0.2, 0) is 13.0 Å². The van der Waals surface area contributed by atoms with Crippen LogP contribution in [0.15, 0.2) is 42.5 Å². The normalized spacial score (nSPS) is 14.9. The quantitative estimate of drug-likeness (QED) is 0.691. The van der Waals surface area contributed by atoms with E-state index < -0.39 is 0 Å². The minimum atomic E-state index is -0.172. The van der Waals surface area contributed by atoms with Crippen molar-refractivity contribution >= 4 is 28.9 Å². The maximum Gasteiger partial charge on any atom is 0.123 e. The fraction of sp³-hybridized carbons (Fsp3) is 0.273. The van der Waals surface area contributed by atoms with E-state index in [2.05, 4.69) is 58.0 Å². The van der Waals surface area contributed by atoms with Crippen molar-refractivity contribution in [2.75, 3.05) is 32.6 Å². The summed E-state index contributed by atoms with van der Waals surface area (Å²) in [5, 5.41) is 1.03. The van der Waals surface area contributed by atoms with Crippen molar-refractivity contribution in [3.8, 4) is 0 Å². The Bertz CT molecular complexity index is 967. The van der Waals surface area contributed by atoms with Gasteiger partial charge in [-0.2, -0.15) is 0 Å². The lowest BCUT2D eigenvalue weighted by Crippen LogP contribution is -2.26. The number of benzene rings is 2. The van der Waals surface area contributed by atoms with E-state index in [-0.39, 0.29) is 5.82 Å². The number of aromatic nitrogens is 1. The monoisotopic (exact) mass is 349 g/mol. The maximum atomic E-state index is 13.8. The predicted octanol–water partition coefficient (Wildman–Crippen LogP) is 4.46. The maximum absolute atomic E-state index is 13.8. The lowest BCUT2D eigenvalue weighted by Gasteiger charge is -2.23. The molecule has 4 heteroatoms. The smallest absolute Gasteiger partial charge is 0.123 e. The molecule has 1 aromatic heterocycles. The highest BCUT2D eigenvalue weighted by Gasteiger charge is 2.21. The van der Waals surface area contributed by atoms with Gasteiger partial charge in [-0.15, -0.1) is 0 Å². The average molecular weight is 349 g/mol. The Morgan fingerprint density at radius 1 is 1.08 bits per heavy atom. The van der Waals surface area contributed by atoms with Crippen LogP contribution < -0.4 is 4.90 Å². The summed E-state index contributed by atoms with van der Waals surface area (Å²) >= 11 is 0. The number of fused-ring (bicyclic) bond motifs is 3. The summed E-state index contributed by atoms with van der Waals surface area (Å²) in [6.45, 7) is 1.89. The summed E-state index contributed by atoms with van der Waals surface area (Å²) < 4.78 is 16.1. The Morgan fingerprint density at radius 3 is 2.58 bits per heavy atom. The number of likely N-dealkylation sites (N-methyl/N-ethyl adjacent to an activating group) is 1. The molecule has 0 unspecified atom stereocenters. The van der Waals surface area contributed by atoms with E-state index in [9.17, 15) is 4.39 Å². The van der Waals surface area contributed by atoms with E-state index in [1.54, 1.807) is 12.1 Å². The van der Waals surface area contributed by atoms with Crippen LogP contribution in [0.3, 0.4) is 0 Å². The van der Waals surface area contributed by atoms with Gasteiger partial charge < -0.3 is 14.4 Å². The zero-order valence-corrected chi connectivity index (χ0v) is 15.5. The molecule has 0 fully saturated rings. The highest BCUT2D eigenvalue weighted by molar-refractivity contribution is 5.88. The molecule has 0 amide bonds. The van der Waals surface area contributed by atoms with Crippen molar-refractivity contribution in [2.45, 2.75) is 13.0 Å². The molecule has 3 aromatic rings. The number of hydrogen-bond donors (Lipinski definition) is 0. The van der Waals surface area contributed by atoms with Gasteiger partial charge in [-0.25, -0.2) is 4.39 Å². The largest absolute Gasteiger partial charge is 0.378 e. The van der Waals surface area contributed by atoms with Gasteiger partial charge in [0.05, 0.1) is 5.52 Å². The zero-order chi connectivity index (χ0) is 18.3. The van der Waals surface area contributed by atoms with Gasteiger partial charge in [0.15, 0.2) is 0 Å². The van der Waals surface area contributed by atoms with Crippen LogP contribution in [-0.4, -0.2) is 37.2 Å². The Labute approximate surface area is 153 Å². The Morgan fingerprint density at radius 2 is 1.85 bits per heavy atom. The molecular weight excluding hydrogens is 325 g/mol. The van der Waals surface area contributed by atoms with Crippen molar-refractivity contribution in [3.63, 3.8) is 0 Å². The van der Waals surface area contributed by atoms with Gasteiger partial charge in [0.2, 0.25) is 0 Å². The second-order valence-electron chi connectivity index (χ2n) is 7.25. The Balaban J connectivity index is 1.76. The van der Waals surface area contributed by atoms with E-state index in [4.69, 9.17) is 0 Å². The lowest BCUT2D eigenvalue weighted by molar-refractivity contribution is 0.312. The van der Waals surface area contributed by atoms with Crippen LogP contribution in [0.1, 0.15) is 16.8 Å². The van der Waals surface area contributed by atoms with Crippen LogP contribution in [0.25, 0.3) is 23.2 Å². The summed E-state index contributed by atoms with van der Waals surface area (Å²) in [6, 6.07) is 13.6. The van der Waals surface area contributed by atoms with E-state index >= 15 is 0 Å². The van der Waals surface area contributed by atoms with Gasteiger partial charge in [-0.05, 0) is 54.6 Å². The molecule has 26 heavy (non-hydrogen) atoms. The lowest BCUT2D eigenvalue weighted by atomic mass is 10.1. The standard InChI is InChI=1S/C22H24FN3/c1-24(2)18-7-4-16(5-8-18)10-13-26-21-9-6-17(23)14-19(21)20-15-25(3)12-11-22(20)26/h4-10,13-14H,11-12,15H2,1-3H3/b13-10+. The molecule has 0 bridgehead atoms. The number of halogens is 1. The molecule has 0 spiro atoms. The van der Waals surface area contributed by atoms with Gasteiger partial charge in [-0.3, -0.25) is 0 Å². The molecule has 0 saturated heterocycles. The summed E-state index contributed by atoms with van der Waals surface area (Å²) in [7, 11) is 6.20. The van der Waals surface area contributed by atoms with Crippen molar-refractivity contribution in [1.82, 2.24) is 9.47 Å². The first-order valence-electron chi connectivity index (χ1n) is 8.98. The van der Waals surface area contributed by atoms with Gasteiger partial charge in [-0.1, -0.05) is 12.1 Å². The first-order valence-corrected chi connectivity index (χ1v) is 8.98. The first kappa shape index (κ1) is 16.9. The topological polar surface area (TPSA) is 11.4 Å². The summed E-state index contributed by atoms with van der Waals surface area (Å²) in [4.78, 5) is 4.38. The molecule has 0 atom stereocenters. The number of rotatable bonds is 3. The Kier molecular flexibility index (Phi) is 4.29. The van der Waals surface area contributed by atoms with E-state index in [0.29, 0.717) is 0 Å². The molecular formula is C22H24FN3. The van der Waals surface area contributed by atoms with Crippen LogP contribution >= 0.6 is 0 Å². The summed E-state index contributed by atoms with van der Waals surface area (Å²) in [5.41, 5.74) is 5.96. The van der Waals surface area contributed by atoms with E-state index in [1.807, 2.05) is 20.2 Å². The second-order valence-corrected chi connectivity index (χ2v) is 7.25. The fourth-order valence-corrected chi connectivity index (χ4v) is 3.71. The Hall–Kier alpha value is -2.59. The molecule has 134 valence electrons. The van der Waals surface area contributed by atoms with Gasteiger partial charge in [0, 0.05) is 56.6 Å². The molecule has 0 saturated carbocycles. The third kappa shape index (κ3) is 3.01. The SMILES string of the molecule is CN1CCc2c(c3cc(F)ccc3n2/C=C/c2ccc(N(C)C)cc2)C1. The number of anilines is 1. The average Bonchev–Trinajstić information content (AvgIpc) is 2.92. The molecule has 2 aromatic carbocycles. The predicted molar refractivity (Wildman–Crippen MR) is 108 cm³/mol. The molecule has 0 N–H and O–H groups in total. The van der Waals surface area contributed by atoms with Crippen molar-refractivity contribution in [2.24, 2.45) is 0 Å². The number of hydrogen-bond acceptors (Lipinski definition) is 2. The van der Waals surface area contributed by atoms with Gasteiger partial charge in [0.1, 0.15) is 5.82 Å². The minimum Gasteiger partial charge on any atom is -0.378 e. The van der Waals surface area contributed by atoms with Crippen molar-refractivity contribution in [3.05, 3.63) is 65.1 Å². The molecule has 1 aliphatic heterocycles. The van der Waals surface area contributed by atoms with E-state index in [0.717, 1.165) is 36.0 Å². The van der Waals surface area contributed by atoms with Crippen LogP contribution in [0.2, 0.25) is 0 Å². The summed E-state index contributed by atoms with van der Waals surface area (Å²) in [5.74, 6) is -0.172.